The number of piperidine rings is 2. The van der Waals surface area contributed by atoms with E-state index in [2.05, 4.69) is 14.8 Å². The quantitative estimate of drug-likeness (QED) is 0.169. The van der Waals surface area contributed by atoms with E-state index in [0.717, 1.165) is 49.1 Å². The van der Waals surface area contributed by atoms with Gasteiger partial charge in [-0.3, -0.25) is 4.79 Å². The predicted molar refractivity (Wildman–Crippen MR) is 159 cm³/mol. The average molecular weight is 639 g/mol. The Morgan fingerprint density at radius 1 is 1.14 bits per heavy atom. The maximum absolute atomic E-state index is 13.8. The largest absolute Gasteiger partial charge is 0.383 e. The van der Waals surface area contributed by atoms with Gasteiger partial charge in [0.25, 0.3) is 5.91 Å². The summed E-state index contributed by atoms with van der Waals surface area (Å²) in [5.74, 6) is -4.44. The molecule has 1 saturated heterocycles. The Balaban J connectivity index is 1.07. The van der Waals surface area contributed by atoms with Crippen molar-refractivity contribution in [3.8, 4) is 11.3 Å². The number of aliphatic hydroxyl groups is 1. The minimum atomic E-state index is -1.61. The smallest absolute Gasteiger partial charge is 0.273 e. The number of carbonyl (C=O) groups is 1. The fourth-order valence-corrected chi connectivity index (χ4v) is 9.37. The number of allylic oxidation sites excluding steroid dienone is 1. The molecule has 2 N–H and O–H groups in total. The van der Waals surface area contributed by atoms with E-state index in [-0.39, 0.29) is 33.9 Å². The molecule has 4 heterocycles. The molecule has 226 valence electrons. The Kier molecular flexibility index (Phi) is 6.36. The maximum Gasteiger partial charge on any atom is 0.273 e. The van der Waals surface area contributed by atoms with Gasteiger partial charge in [-0.25, -0.2) is 17.5 Å². The standard InChI is InChI=1S/C32H26ClF3N4O3S/c33-26-28(30(41)37-18-13-19(34)27(36)20(35)14-18)39-12-6-2-5-9-21(39)29(26)44-40-24-10-11-31(24)25(40)16-32(31,42)23-15-22(43-38-23)17-7-3-1-4-8-17/h1,3-5,7-9,13-15,24-25,42H,2,6,10-12,16H2,(H,37,41). The van der Waals surface area contributed by atoms with E-state index in [9.17, 15) is 23.1 Å². The zero-order valence-corrected chi connectivity index (χ0v) is 24.8. The summed E-state index contributed by atoms with van der Waals surface area (Å²) in [6, 6.07) is 13.1. The van der Waals surface area contributed by atoms with Crippen LogP contribution in [0.4, 0.5) is 18.9 Å². The van der Waals surface area contributed by atoms with Gasteiger partial charge in [-0.1, -0.05) is 53.2 Å². The van der Waals surface area contributed by atoms with Crippen molar-refractivity contribution in [3.63, 3.8) is 0 Å². The van der Waals surface area contributed by atoms with Crippen LogP contribution >= 0.6 is 23.5 Å². The van der Waals surface area contributed by atoms with Crippen LogP contribution in [0.2, 0.25) is 5.02 Å². The zero-order chi connectivity index (χ0) is 30.4. The second kappa shape index (κ2) is 10.00. The molecule has 2 aliphatic heterocycles. The first-order valence-corrected chi connectivity index (χ1v) is 15.6. The number of nitrogens with zero attached hydrogens (tertiary/aromatic N) is 3. The molecule has 2 saturated carbocycles. The first kappa shape index (κ1) is 28.0. The monoisotopic (exact) mass is 638 g/mol. The first-order valence-electron chi connectivity index (χ1n) is 14.5. The van der Waals surface area contributed by atoms with E-state index in [1.807, 2.05) is 53.1 Å². The molecule has 2 aliphatic carbocycles. The summed E-state index contributed by atoms with van der Waals surface area (Å²) in [5, 5.41) is 18.9. The fourth-order valence-electron chi connectivity index (χ4n) is 7.51. The summed E-state index contributed by atoms with van der Waals surface area (Å²) in [4.78, 5) is 14.2. The van der Waals surface area contributed by atoms with Crippen molar-refractivity contribution in [2.45, 2.75) is 61.2 Å². The molecule has 4 aliphatic rings. The van der Waals surface area contributed by atoms with Gasteiger partial charge in [-0.05, 0) is 50.1 Å². The molecule has 2 aromatic carbocycles. The minimum absolute atomic E-state index is 0.0805. The summed E-state index contributed by atoms with van der Waals surface area (Å²) in [5.41, 5.74) is 0.743. The highest BCUT2D eigenvalue weighted by Crippen LogP contribution is 2.77. The number of anilines is 1. The summed E-state index contributed by atoms with van der Waals surface area (Å²) >= 11 is 8.40. The van der Waals surface area contributed by atoms with E-state index in [0.29, 0.717) is 29.3 Å². The molecule has 4 aromatic rings. The molecule has 4 unspecified atom stereocenters. The Bertz CT molecular complexity index is 1830. The summed E-state index contributed by atoms with van der Waals surface area (Å²) in [6.45, 7) is 0.518. The minimum Gasteiger partial charge on any atom is -0.383 e. The lowest BCUT2D eigenvalue weighted by Crippen LogP contribution is -2.88. The lowest BCUT2D eigenvalue weighted by Gasteiger charge is -2.81. The molecule has 3 fully saturated rings. The second-order valence-electron chi connectivity index (χ2n) is 11.8. The molecule has 7 nitrogen and oxygen atoms in total. The molecule has 4 atom stereocenters. The molecule has 0 bridgehead atoms. The van der Waals surface area contributed by atoms with Crippen LogP contribution < -0.4 is 5.32 Å². The van der Waals surface area contributed by atoms with E-state index in [1.54, 1.807) is 0 Å². The van der Waals surface area contributed by atoms with Gasteiger partial charge in [0.15, 0.2) is 23.2 Å². The van der Waals surface area contributed by atoms with Crippen LogP contribution in [0.25, 0.3) is 17.4 Å². The highest BCUT2D eigenvalue weighted by molar-refractivity contribution is 7.97. The highest BCUT2D eigenvalue weighted by atomic mass is 35.5. The van der Waals surface area contributed by atoms with Gasteiger partial charge in [0.1, 0.15) is 17.0 Å². The third-order valence-electron chi connectivity index (χ3n) is 9.77. The lowest BCUT2D eigenvalue weighted by atomic mass is 9.36. The first-order chi connectivity index (χ1) is 21.2. The van der Waals surface area contributed by atoms with Gasteiger partial charge >= 0.3 is 0 Å². The van der Waals surface area contributed by atoms with Crippen molar-refractivity contribution in [1.82, 2.24) is 14.0 Å². The van der Waals surface area contributed by atoms with Crippen LogP contribution in [-0.4, -0.2) is 37.1 Å². The molecule has 1 amide bonds. The van der Waals surface area contributed by atoms with Crippen molar-refractivity contribution < 1.29 is 27.6 Å². The average Bonchev–Trinajstić information content (AvgIpc) is 3.49. The normalized spacial score (nSPS) is 26.8. The molecule has 8 rings (SSSR count). The summed E-state index contributed by atoms with van der Waals surface area (Å²) in [6.07, 6.45) is 7.80. The van der Waals surface area contributed by atoms with Gasteiger partial charge in [-0.15, -0.1) is 0 Å². The highest BCUT2D eigenvalue weighted by Gasteiger charge is 2.83. The summed E-state index contributed by atoms with van der Waals surface area (Å²) in [7, 11) is 0. The Morgan fingerprint density at radius 3 is 2.61 bits per heavy atom. The third kappa shape index (κ3) is 3.79. The number of hydrogen-bond donors (Lipinski definition) is 2. The fraction of sp³-hybridized carbons (Fsp3) is 0.312. The predicted octanol–water partition coefficient (Wildman–Crippen LogP) is 7.40. The number of amides is 1. The van der Waals surface area contributed by atoms with Crippen molar-refractivity contribution in [1.29, 1.82) is 0 Å². The van der Waals surface area contributed by atoms with Crippen LogP contribution in [0, 0.1) is 22.9 Å². The molecule has 44 heavy (non-hydrogen) atoms. The van der Waals surface area contributed by atoms with Crippen molar-refractivity contribution in [2.24, 2.45) is 5.41 Å². The van der Waals surface area contributed by atoms with Crippen molar-refractivity contribution >= 4 is 41.2 Å². The topological polar surface area (TPSA) is 83.5 Å². The van der Waals surface area contributed by atoms with Crippen LogP contribution in [0.1, 0.15) is 54.0 Å². The SMILES string of the molecule is O=C(Nc1cc(F)c(F)c(F)c1)c1c(Cl)c(SN2C3CCC34C2CC4(O)c2cc(-c3ccccc3)on2)c2n1CCCC=C2. The number of halogens is 4. The van der Waals surface area contributed by atoms with E-state index in [1.165, 1.54) is 11.9 Å². The van der Waals surface area contributed by atoms with E-state index < -0.39 is 29.0 Å². The zero-order valence-electron chi connectivity index (χ0n) is 23.2. The molecule has 0 radical (unpaired) electrons. The number of fused-ring (bicyclic) bond motifs is 1. The molecular weight excluding hydrogens is 613 g/mol. The van der Waals surface area contributed by atoms with Gasteiger partial charge in [-0.2, -0.15) is 0 Å². The maximum atomic E-state index is 13.8. The number of rotatable bonds is 6. The lowest BCUT2D eigenvalue weighted by molar-refractivity contribution is -0.349. The molecular formula is C32H26ClF3N4O3S. The Hall–Kier alpha value is -3.51. The van der Waals surface area contributed by atoms with Gasteiger partial charge in [0.2, 0.25) is 0 Å². The molecule has 1 spiro atoms. The van der Waals surface area contributed by atoms with Gasteiger partial charge in [0.05, 0.1) is 15.6 Å². The number of nitrogens with one attached hydrogen (secondary N) is 1. The summed E-state index contributed by atoms with van der Waals surface area (Å²) < 4.78 is 50.9. The number of carbonyl (C=O) groups excluding carboxylic acids is 1. The van der Waals surface area contributed by atoms with Crippen LogP contribution in [0.15, 0.2) is 64.0 Å². The number of hydrogen-bond acceptors (Lipinski definition) is 6. The van der Waals surface area contributed by atoms with Crippen LogP contribution in [0.3, 0.4) is 0 Å². The second-order valence-corrected chi connectivity index (χ2v) is 13.2. The molecule has 12 heteroatoms. The Morgan fingerprint density at radius 2 is 1.91 bits per heavy atom. The van der Waals surface area contributed by atoms with E-state index in [4.69, 9.17) is 16.1 Å². The van der Waals surface area contributed by atoms with Crippen LogP contribution in [-0.2, 0) is 12.1 Å². The van der Waals surface area contributed by atoms with Crippen LogP contribution in [0.5, 0.6) is 0 Å². The van der Waals surface area contributed by atoms with Gasteiger partial charge in [0, 0.05) is 53.5 Å². The number of aromatic nitrogens is 2. The number of benzene rings is 2. The third-order valence-corrected chi connectivity index (χ3v) is 11.6. The van der Waals surface area contributed by atoms with E-state index >= 15 is 0 Å². The van der Waals surface area contributed by atoms with Crippen molar-refractivity contribution in [2.75, 3.05) is 5.32 Å². The molecule has 2 aromatic heterocycles. The van der Waals surface area contributed by atoms with Gasteiger partial charge < -0.3 is 19.5 Å². The van der Waals surface area contributed by atoms with Crippen molar-refractivity contribution in [3.05, 3.63) is 94.2 Å². The Labute approximate surface area is 259 Å².